The molecular weight excluding hydrogens is 358 g/mol. The Morgan fingerprint density at radius 1 is 1.24 bits per heavy atom. The fourth-order valence-corrected chi connectivity index (χ4v) is 5.30. The van der Waals surface area contributed by atoms with Crippen molar-refractivity contribution in [2.24, 2.45) is 5.73 Å². The van der Waals surface area contributed by atoms with E-state index in [4.69, 9.17) is 5.73 Å². The molecule has 1 amide bonds. The van der Waals surface area contributed by atoms with Crippen LogP contribution in [0.4, 0.5) is 0 Å². The lowest BCUT2D eigenvalue weighted by atomic mass is 9.95. The summed E-state index contributed by atoms with van der Waals surface area (Å²) in [6.45, 7) is 2.48. The summed E-state index contributed by atoms with van der Waals surface area (Å²) in [4.78, 5) is 14.3. The summed E-state index contributed by atoms with van der Waals surface area (Å²) >= 11 is 1.12. The van der Waals surface area contributed by atoms with Gasteiger partial charge in [-0.15, -0.1) is 11.3 Å². The first-order valence-electron chi connectivity index (χ1n) is 8.03. The van der Waals surface area contributed by atoms with E-state index in [0.717, 1.165) is 16.9 Å². The number of hydrogen-bond acceptors (Lipinski definition) is 5. The molecule has 1 saturated heterocycles. The second-order valence-corrected chi connectivity index (χ2v) is 9.09. The molecule has 0 spiro atoms. The number of nitrogens with one attached hydrogen (secondary N) is 1. The minimum atomic E-state index is -3.68. The van der Waals surface area contributed by atoms with Crippen molar-refractivity contribution in [3.05, 3.63) is 53.4 Å². The molecule has 3 rings (SSSR count). The van der Waals surface area contributed by atoms with Crippen LogP contribution in [-0.2, 0) is 14.8 Å². The summed E-state index contributed by atoms with van der Waals surface area (Å²) in [7, 11) is -3.68. The Bertz CT molecular complexity index is 822. The molecule has 6 nitrogen and oxygen atoms in total. The number of hydrogen-bond donors (Lipinski definition) is 2. The van der Waals surface area contributed by atoms with Crippen molar-refractivity contribution in [3.8, 4) is 0 Å². The highest BCUT2D eigenvalue weighted by Crippen LogP contribution is 2.27. The number of carbonyl (C=O) groups excluding carboxylic acids is 1. The van der Waals surface area contributed by atoms with E-state index in [1.807, 2.05) is 30.3 Å². The first-order valence-corrected chi connectivity index (χ1v) is 10.4. The molecule has 8 heteroatoms. The van der Waals surface area contributed by atoms with E-state index in [1.54, 1.807) is 23.3 Å². The molecule has 134 valence electrons. The minimum Gasteiger partial charge on any atom is -0.339 e. The highest BCUT2D eigenvalue weighted by atomic mass is 32.2. The molecule has 3 N–H and O–H groups in total. The van der Waals surface area contributed by atoms with E-state index in [0.29, 0.717) is 13.1 Å². The van der Waals surface area contributed by atoms with Gasteiger partial charge in [0.15, 0.2) is 0 Å². The smallest absolute Gasteiger partial charge is 0.250 e. The second kappa shape index (κ2) is 7.25. The normalized spacial score (nSPS) is 22.1. The number of nitrogens with zero attached hydrogens (tertiary/aromatic N) is 1. The van der Waals surface area contributed by atoms with E-state index < -0.39 is 16.1 Å². The Labute approximate surface area is 151 Å². The molecule has 2 heterocycles. The zero-order valence-corrected chi connectivity index (χ0v) is 15.5. The SMILES string of the molecule is CC(NS(=O)(=O)c1cccs1)C(=O)N1C[C@@H](N)[C@H](c2ccccc2)C1. The molecular formula is C17H21N3O3S2. The van der Waals surface area contributed by atoms with Crippen molar-refractivity contribution in [1.29, 1.82) is 0 Å². The van der Waals surface area contributed by atoms with Gasteiger partial charge < -0.3 is 10.6 Å². The molecule has 0 radical (unpaired) electrons. The average Bonchev–Trinajstić information content (AvgIpc) is 3.24. The molecule has 2 aromatic rings. The van der Waals surface area contributed by atoms with Crippen LogP contribution in [0.25, 0.3) is 0 Å². The molecule has 1 aliphatic rings. The molecule has 1 aromatic heterocycles. The van der Waals surface area contributed by atoms with E-state index in [2.05, 4.69) is 4.72 Å². The lowest BCUT2D eigenvalue weighted by Gasteiger charge is -2.21. The maximum Gasteiger partial charge on any atom is 0.250 e. The van der Waals surface area contributed by atoms with Gasteiger partial charge >= 0.3 is 0 Å². The van der Waals surface area contributed by atoms with Crippen molar-refractivity contribution < 1.29 is 13.2 Å². The van der Waals surface area contributed by atoms with Crippen LogP contribution in [0.15, 0.2) is 52.1 Å². The van der Waals surface area contributed by atoms with Crippen molar-refractivity contribution in [2.75, 3.05) is 13.1 Å². The number of carbonyl (C=O) groups is 1. The Morgan fingerprint density at radius 3 is 2.60 bits per heavy atom. The lowest BCUT2D eigenvalue weighted by molar-refractivity contribution is -0.131. The average molecular weight is 380 g/mol. The summed E-state index contributed by atoms with van der Waals surface area (Å²) in [5, 5.41) is 1.69. The van der Waals surface area contributed by atoms with Gasteiger partial charge in [-0.3, -0.25) is 4.79 Å². The minimum absolute atomic E-state index is 0.0613. The number of thiophene rings is 1. The first-order chi connectivity index (χ1) is 11.9. The van der Waals surface area contributed by atoms with Crippen LogP contribution in [-0.4, -0.2) is 44.4 Å². The third kappa shape index (κ3) is 3.92. The van der Waals surface area contributed by atoms with Crippen LogP contribution in [0.5, 0.6) is 0 Å². The molecule has 3 atom stereocenters. The van der Waals surface area contributed by atoms with E-state index in [1.165, 1.54) is 6.07 Å². The Morgan fingerprint density at radius 2 is 1.96 bits per heavy atom. The number of benzene rings is 1. The largest absolute Gasteiger partial charge is 0.339 e. The summed E-state index contributed by atoms with van der Waals surface area (Å²) in [5.74, 6) is -0.194. The fourth-order valence-electron chi connectivity index (χ4n) is 3.09. The Kier molecular flexibility index (Phi) is 5.24. The highest BCUT2D eigenvalue weighted by molar-refractivity contribution is 7.91. The maximum absolute atomic E-state index is 12.7. The van der Waals surface area contributed by atoms with Gasteiger partial charge in [-0.1, -0.05) is 36.4 Å². The number of sulfonamides is 1. The number of amides is 1. The van der Waals surface area contributed by atoms with Gasteiger partial charge in [0.25, 0.3) is 10.0 Å². The molecule has 1 fully saturated rings. The zero-order chi connectivity index (χ0) is 18.0. The number of likely N-dealkylation sites (tertiary alicyclic amines) is 1. The van der Waals surface area contributed by atoms with Crippen LogP contribution in [0.3, 0.4) is 0 Å². The van der Waals surface area contributed by atoms with Crippen molar-refractivity contribution in [2.45, 2.75) is 29.1 Å². The van der Waals surface area contributed by atoms with Crippen molar-refractivity contribution in [1.82, 2.24) is 9.62 Å². The topological polar surface area (TPSA) is 92.5 Å². The van der Waals surface area contributed by atoms with Gasteiger partial charge in [0.1, 0.15) is 4.21 Å². The summed E-state index contributed by atoms with van der Waals surface area (Å²) in [6, 6.07) is 12.0. The quantitative estimate of drug-likeness (QED) is 0.821. The summed E-state index contributed by atoms with van der Waals surface area (Å²) < 4.78 is 27.2. The standard InChI is InChI=1S/C17H21N3O3S2/c1-12(19-25(22,23)16-8-5-9-24-16)17(21)20-10-14(15(18)11-20)13-6-3-2-4-7-13/h2-9,12,14-15,19H,10-11,18H2,1H3/t12?,14-,15+/m0/s1. The van der Waals surface area contributed by atoms with Crippen LogP contribution >= 0.6 is 11.3 Å². The number of nitrogens with two attached hydrogens (primary N) is 1. The van der Waals surface area contributed by atoms with Gasteiger partial charge in [-0.05, 0) is 23.9 Å². The summed E-state index contributed by atoms with van der Waals surface area (Å²) in [6.07, 6.45) is 0. The maximum atomic E-state index is 12.7. The molecule has 0 bridgehead atoms. The Hall–Kier alpha value is -1.74. The zero-order valence-electron chi connectivity index (χ0n) is 13.8. The van der Waals surface area contributed by atoms with Gasteiger partial charge in [-0.25, -0.2) is 8.42 Å². The lowest BCUT2D eigenvalue weighted by Crippen LogP contribution is -2.46. The third-order valence-electron chi connectivity index (χ3n) is 4.37. The molecule has 1 aliphatic heterocycles. The Balaban J connectivity index is 1.67. The molecule has 1 aromatic carbocycles. The predicted octanol–water partition coefficient (Wildman–Crippen LogP) is 1.37. The highest BCUT2D eigenvalue weighted by Gasteiger charge is 2.36. The first kappa shape index (κ1) is 18.1. The molecule has 0 saturated carbocycles. The van der Waals surface area contributed by atoms with E-state index >= 15 is 0 Å². The van der Waals surface area contributed by atoms with Gasteiger partial charge in [-0.2, -0.15) is 4.72 Å². The third-order valence-corrected chi connectivity index (χ3v) is 7.30. The predicted molar refractivity (Wildman–Crippen MR) is 97.8 cm³/mol. The summed E-state index contributed by atoms with van der Waals surface area (Å²) in [5.41, 5.74) is 7.31. The molecule has 25 heavy (non-hydrogen) atoms. The van der Waals surface area contributed by atoms with Crippen molar-refractivity contribution in [3.63, 3.8) is 0 Å². The van der Waals surface area contributed by atoms with Gasteiger partial charge in [0.05, 0.1) is 6.04 Å². The molecule has 0 aliphatic carbocycles. The van der Waals surface area contributed by atoms with Crippen LogP contribution in [0, 0.1) is 0 Å². The van der Waals surface area contributed by atoms with Crippen LogP contribution < -0.4 is 10.5 Å². The molecule has 1 unspecified atom stereocenters. The monoisotopic (exact) mass is 379 g/mol. The second-order valence-electron chi connectivity index (χ2n) is 6.20. The van der Waals surface area contributed by atoms with Crippen LogP contribution in [0.1, 0.15) is 18.4 Å². The van der Waals surface area contributed by atoms with Crippen LogP contribution in [0.2, 0.25) is 0 Å². The van der Waals surface area contributed by atoms with Crippen molar-refractivity contribution >= 4 is 27.3 Å². The van der Waals surface area contributed by atoms with E-state index in [9.17, 15) is 13.2 Å². The fraction of sp³-hybridized carbons (Fsp3) is 0.353. The number of rotatable bonds is 5. The van der Waals surface area contributed by atoms with Gasteiger partial charge in [0.2, 0.25) is 5.91 Å². The van der Waals surface area contributed by atoms with Gasteiger partial charge in [0, 0.05) is 25.0 Å². The van der Waals surface area contributed by atoms with E-state index in [-0.39, 0.29) is 22.1 Å².